The first kappa shape index (κ1) is 14.5. The molecule has 0 radical (unpaired) electrons. The zero-order valence-corrected chi connectivity index (χ0v) is 11.2. The highest BCUT2D eigenvalue weighted by Crippen LogP contribution is 2.24. The summed E-state index contributed by atoms with van der Waals surface area (Å²) in [6.07, 6.45) is 2.26. The lowest BCUT2D eigenvalue weighted by atomic mass is 10.1. The second-order valence-corrected chi connectivity index (χ2v) is 4.29. The van der Waals surface area contributed by atoms with Gasteiger partial charge in [-0.1, -0.05) is 0 Å². The molecule has 2 rings (SSSR count). The molecule has 1 heterocycles. The van der Waals surface area contributed by atoms with Gasteiger partial charge in [0.1, 0.15) is 11.3 Å². The number of hydrogen-bond acceptors (Lipinski definition) is 5. The molecule has 1 N–H and O–H groups in total. The molecule has 1 aromatic heterocycles. The maximum absolute atomic E-state index is 11.0. The third-order valence-electron chi connectivity index (χ3n) is 2.94. The van der Waals surface area contributed by atoms with Crippen LogP contribution in [0.15, 0.2) is 30.5 Å². The molecule has 1 aromatic carbocycles. The largest absolute Gasteiger partial charge is 0.493 e. The van der Waals surface area contributed by atoms with Gasteiger partial charge in [0, 0.05) is 37.5 Å². The molecule has 8 nitrogen and oxygen atoms in total. The number of nitro benzene ring substituents is 1. The van der Waals surface area contributed by atoms with Gasteiger partial charge in [-0.05, 0) is 12.1 Å². The number of aryl methyl sites for hydroxylation is 1. The van der Waals surface area contributed by atoms with Crippen LogP contribution in [0.1, 0.15) is 16.1 Å². The molecule has 0 aliphatic heterocycles. The number of ether oxygens (including phenoxy) is 1. The van der Waals surface area contributed by atoms with Gasteiger partial charge in [-0.2, -0.15) is 5.10 Å². The molecule has 0 spiro atoms. The second-order valence-electron chi connectivity index (χ2n) is 4.29. The van der Waals surface area contributed by atoms with E-state index in [1.807, 2.05) is 13.1 Å². The maximum Gasteiger partial charge on any atom is 0.342 e. The Morgan fingerprint density at radius 2 is 2.24 bits per heavy atom. The summed E-state index contributed by atoms with van der Waals surface area (Å²) in [5, 5.41) is 23.7. The standard InChI is InChI=1S/C13H13N3O5/c1-15-9(4-6-14-15)5-7-21-10-2-3-12(16(19)20)11(8-10)13(17)18/h2-4,6,8H,5,7H2,1H3,(H,17,18). The number of nitrogens with zero attached hydrogens (tertiary/aromatic N) is 3. The number of carboxylic acids is 1. The van der Waals surface area contributed by atoms with Crippen LogP contribution < -0.4 is 4.74 Å². The van der Waals surface area contributed by atoms with Crippen molar-refractivity contribution in [2.75, 3.05) is 6.61 Å². The average Bonchev–Trinajstić information content (AvgIpc) is 2.84. The molecule has 0 unspecified atom stereocenters. The molecule has 2 aromatic rings. The second kappa shape index (κ2) is 6.04. The highest BCUT2D eigenvalue weighted by molar-refractivity contribution is 5.92. The van der Waals surface area contributed by atoms with Crippen LogP contribution in [0.4, 0.5) is 5.69 Å². The van der Waals surface area contributed by atoms with Crippen LogP contribution in [0.5, 0.6) is 5.75 Å². The van der Waals surface area contributed by atoms with Crippen molar-refractivity contribution in [3.05, 3.63) is 51.8 Å². The minimum Gasteiger partial charge on any atom is -0.493 e. The number of carbonyl (C=O) groups is 1. The lowest BCUT2D eigenvalue weighted by molar-refractivity contribution is -0.385. The van der Waals surface area contributed by atoms with E-state index in [2.05, 4.69) is 5.10 Å². The average molecular weight is 291 g/mol. The van der Waals surface area contributed by atoms with Crippen LogP contribution in [-0.2, 0) is 13.5 Å². The molecule has 110 valence electrons. The fraction of sp³-hybridized carbons (Fsp3) is 0.231. The number of nitro groups is 1. The normalized spacial score (nSPS) is 10.3. The molecule has 0 saturated heterocycles. The third-order valence-corrected chi connectivity index (χ3v) is 2.94. The third kappa shape index (κ3) is 3.35. The number of aromatic carboxylic acids is 1. The molecule has 0 fully saturated rings. The molecule has 8 heteroatoms. The zero-order valence-electron chi connectivity index (χ0n) is 11.2. The van der Waals surface area contributed by atoms with E-state index in [0.29, 0.717) is 13.0 Å². The molecule has 21 heavy (non-hydrogen) atoms. The first-order valence-corrected chi connectivity index (χ1v) is 6.10. The van der Waals surface area contributed by atoms with Crippen molar-refractivity contribution in [1.29, 1.82) is 0 Å². The number of hydrogen-bond donors (Lipinski definition) is 1. The Bertz CT molecular complexity index is 680. The Kier molecular flexibility index (Phi) is 4.17. The fourth-order valence-electron chi connectivity index (χ4n) is 1.86. The smallest absolute Gasteiger partial charge is 0.342 e. The van der Waals surface area contributed by atoms with E-state index < -0.39 is 22.1 Å². The van der Waals surface area contributed by atoms with Gasteiger partial charge in [-0.25, -0.2) is 4.79 Å². The highest BCUT2D eigenvalue weighted by Gasteiger charge is 2.20. The van der Waals surface area contributed by atoms with Gasteiger partial charge in [0.25, 0.3) is 5.69 Å². The Balaban J connectivity index is 2.07. The monoisotopic (exact) mass is 291 g/mol. The molecule has 0 atom stereocenters. The summed E-state index contributed by atoms with van der Waals surface area (Å²) in [6, 6.07) is 5.52. The molecule has 0 aliphatic carbocycles. The number of aromatic nitrogens is 2. The SMILES string of the molecule is Cn1nccc1CCOc1ccc([N+](=O)[O-])c(C(=O)O)c1. The van der Waals surface area contributed by atoms with E-state index in [1.165, 1.54) is 6.07 Å². The van der Waals surface area contributed by atoms with E-state index in [9.17, 15) is 14.9 Å². The van der Waals surface area contributed by atoms with Crippen LogP contribution in [0, 0.1) is 10.1 Å². The van der Waals surface area contributed by atoms with Gasteiger partial charge in [-0.15, -0.1) is 0 Å². The summed E-state index contributed by atoms with van der Waals surface area (Å²) >= 11 is 0. The minimum absolute atomic E-state index is 0.278. The van der Waals surface area contributed by atoms with Crippen LogP contribution >= 0.6 is 0 Å². The minimum atomic E-state index is -1.36. The summed E-state index contributed by atoms with van der Waals surface area (Å²) in [7, 11) is 1.81. The zero-order chi connectivity index (χ0) is 15.4. The van der Waals surface area contributed by atoms with Gasteiger partial charge in [0.2, 0.25) is 0 Å². The van der Waals surface area contributed by atoms with Crippen LogP contribution in [0.25, 0.3) is 0 Å². The van der Waals surface area contributed by atoms with Crippen LogP contribution in [0.2, 0.25) is 0 Å². The van der Waals surface area contributed by atoms with Crippen molar-refractivity contribution in [1.82, 2.24) is 9.78 Å². The van der Waals surface area contributed by atoms with Crippen molar-refractivity contribution >= 4 is 11.7 Å². The fourth-order valence-corrected chi connectivity index (χ4v) is 1.86. The van der Waals surface area contributed by atoms with Crippen LogP contribution in [0.3, 0.4) is 0 Å². The van der Waals surface area contributed by atoms with E-state index in [-0.39, 0.29) is 5.75 Å². The van der Waals surface area contributed by atoms with Gasteiger partial charge in [0.05, 0.1) is 11.5 Å². The van der Waals surface area contributed by atoms with E-state index in [0.717, 1.165) is 17.8 Å². The number of benzene rings is 1. The molecular weight excluding hydrogens is 278 g/mol. The lowest BCUT2D eigenvalue weighted by Gasteiger charge is -2.07. The Morgan fingerprint density at radius 1 is 1.48 bits per heavy atom. The summed E-state index contributed by atoms with van der Waals surface area (Å²) < 4.78 is 7.14. The number of rotatable bonds is 6. The summed E-state index contributed by atoms with van der Waals surface area (Å²) in [5.74, 6) is -1.08. The maximum atomic E-state index is 11.0. The number of carboxylic acid groups (broad SMARTS) is 1. The Hall–Kier alpha value is -2.90. The summed E-state index contributed by atoms with van der Waals surface area (Å²) in [4.78, 5) is 21.0. The highest BCUT2D eigenvalue weighted by atomic mass is 16.6. The Labute approximate surface area is 119 Å². The van der Waals surface area contributed by atoms with Gasteiger partial charge in [-0.3, -0.25) is 14.8 Å². The van der Waals surface area contributed by atoms with Crippen molar-refractivity contribution in [3.63, 3.8) is 0 Å². The molecule has 0 saturated carbocycles. The van der Waals surface area contributed by atoms with E-state index in [1.54, 1.807) is 10.9 Å². The van der Waals surface area contributed by atoms with Gasteiger partial charge < -0.3 is 9.84 Å². The first-order valence-electron chi connectivity index (χ1n) is 6.10. The molecule has 0 amide bonds. The Morgan fingerprint density at radius 3 is 2.81 bits per heavy atom. The summed E-state index contributed by atoms with van der Waals surface area (Å²) in [5.41, 5.74) is 0.120. The predicted molar refractivity (Wildman–Crippen MR) is 72.5 cm³/mol. The van der Waals surface area contributed by atoms with Gasteiger partial charge in [0.15, 0.2) is 0 Å². The molecule has 0 bridgehead atoms. The molecular formula is C13H13N3O5. The van der Waals surface area contributed by atoms with Gasteiger partial charge >= 0.3 is 5.97 Å². The lowest BCUT2D eigenvalue weighted by Crippen LogP contribution is -2.07. The predicted octanol–water partition coefficient (Wildman–Crippen LogP) is 1.65. The summed E-state index contributed by atoms with van der Waals surface area (Å²) in [6.45, 7) is 0.316. The van der Waals surface area contributed by atoms with Crippen LogP contribution in [-0.4, -0.2) is 32.4 Å². The van der Waals surface area contributed by atoms with Crippen molar-refractivity contribution in [3.8, 4) is 5.75 Å². The van der Waals surface area contributed by atoms with Crippen molar-refractivity contribution < 1.29 is 19.6 Å². The first-order chi connectivity index (χ1) is 9.99. The van der Waals surface area contributed by atoms with E-state index in [4.69, 9.17) is 9.84 Å². The molecule has 0 aliphatic rings. The quantitative estimate of drug-likeness (QED) is 0.640. The topological polar surface area (TPSA) is 107 Å². The van der Waals surface area contributed by atoms with Crippen molar-refractivity contribution in [2.45, 2.75) is 6.42 Å². The van der Waals surface area contributed by atoms with Crippen molar-refractivity contribution in [2.24, 2.45) is 7.05 Å². The van der Waals surface area contributed by atoms with E-state index >= 15 is 0 Å².